The van der Waals surface area contributed by atoms with Gasteiger partial charge in [0.25, 0.3) is 0 Å². The molecule has 1 aliphatic heterocycles. The van der Waals surface area contributed by atoms with Gasteiger partial charge < -0.3 is 20.1 Å². The van der Waals surface area contributed by atoms with Crippen molar-refractivity contribution in [3.63, 3.8) is 0 Å². The second-order valence-electron chi connectivity index (χ2n) is 5.64. The molecule has 25 heavy (non-hydrogen) atoms. The fourth-order valence-electron chi connectivity index (χ4n) is 2.74. The van der Waals surface area contributed by atoms with Crippen molar-refractivity contribution in [3.05, 3.63) is 40.1 Å². The number of esters is 1. The summed E-state index contributed by atoms with van der Waals surface area (Å²) >= 11 is 6.26. The average molecular weight is 367 g/mol. The number of urea groups is 1. The lowest BCUT2D eigenvalue weighted by Crippen LogP contribution is -2.45. The van der Waals surface area contributed by atoms with Gasteiger partial charge >= 0.3 is 12.0 Å². The lowest BCUT2D eigenvalue weighted by Gasteiger charge is -2.29. The summed E-state index contributed by atoms with van der Waals surface area (Å²) in [5.41, 5.74) is 1.68. The number of rotatable bonds is 7. The molecule has 0 spiro atoms. The molecule has 1 unspecified atom stereocenters. The topological polar surface area (TPSA) is 76.7 Å². The minimum Gasteiger partial charge on any atom is -0.492 e. The molecular weight excluding hydrogens is 344 g/mol. The first kappa shape index (κ1) is 19.1. The molecule has 2 N–H and O–H groups in total. The molecule has 2 amide bonds. The fourth-order valence-corrected chi connectivity index (χ4v) is 2.98. The van der Waals surface area contributed by atoms with E-state index in [-0.39, 0.29) is 6.03 Å². The number of benzene rings is 1. The number of carbonyl (C=O) groups excluding carboxylic acids is 2. The van der Waals surface area contributed by atoms with Gasteiger partial charge in [0.05, 0.1) is 30.4 Å². The van der Waals surface area contributed by atoms with E-state index in [1.807, 2.05) is 13.8 Å². The third-order valence-corrected chi connectivity index (χ3v) is 4.22. The predicted octanol–water partition coefficient (Wildman–Crippen LogP) is 3.71. The Morgan fingerprint density at radius 2 is 2.08 bits per heavy atom. The molecule has 1 heterocycles. The Labute approximate surface area is 152 Å². The van der Waals surface area contributed by atoms with Crippen molar-refractivity contribution in [1.82, 2.24) is 10.6 Å². The van der Waals surface area contributed by atoms with Gasteiger partial charge in [-0.3, -0.25) is 0 Å². The Hall–Kier alpha value is -2.21. The number of unbranched alkanes of at least 4 members (excludes halogenated alkanes) is 1. The third kappa shape index (κ3) is 4.45. The molecule has 1 aromatic rings. The number of amides is 2. The van der Waals surface area contributed by atoms with Crippen LogP contribution in [-0.4, -0.2) is 25.7 Å². The van der Waals surface area contributed by atoms with Gasteiger partial charge in [0, 0.05) is 5.70 Å². The van der Waals surface area contributed by atoms with E-state index in [1.165, 1.54) is 7.11 Å². The number of carbonyl (C=O) groups is 2. The molecule has 0 saturated heterocycles. The van der Waals surface area contributed by atoms with E-state index in [1.54, 1.807) is 18.2 Å². The minimum absolute atomic E-state index is 0.353. The number of halogens is 1. The van der Waals surface area contributed by atoms with Gasteiger partial charge in [-0.05, 0) is 37.5 Å². The van der Waals surface area contributed by atoms with Gasteiger partial charge in [-0.1, -0.05) is 31.0 Å². The van der Waals surface area contributed by atoms with Gasteiger partial charge in [0.1, 0.15) is 5.75 Å². The maximum atomic E-state index is 12.4. The van der Waals surface area contributed by atoms with Crippen molar-refractivity contribution in [2.75, 3.05) is 13.7 Å². The van der Waals surface area contributed by atoms with Crippen LogP contribution in [0.1, 0.15) is 44.7 Å². The Morgan fingerprint density at radius 3 is 2.68 bits per heavy atom. The van der Waals surface area contributed by atoms with Gasteiger partial charge in [0.15, 0.2) is 0 Å². The third-order valence-electron chi connectivity index (χ3n) is 3.93. The van der Waals surface area contributed by atoms with Crippen molar-refractivity contribution < 1.29 is 19.1 Å². The lowest BCUT2D eigenvalue weighted by molar-refractivity contribution is -0.136. The highest BCUT2D eigenvalue weighted by Crippen LogP contribution is 2.33. The largest absolute Gasteiger partial charge is 0.492 e. The highest BCUT2D eigenvalue weighted by Gasteiger charge is 2.33. The molecule has 0 aliphatic carbocycles. The predicted molar refractivity (Wildman–Crippen MR) is 95.6 cm³/mol. The van der Waals surface area contributed by atoms with Crippen LogP contribution < -0.4 is 15.4 Å². The zero-order valence-corrected chi connectivity index (χ0v) is 15.4. The smallest absolute Gasteiger partial charge is 0.337 e. The summed E-state index contributed by atoms with van der Waals surface area (Å²) in [6.45, 7) is 4.41. The average Bonchev–Trinajstić information content (AvgIpc) is 2.60. The second kappa shape index (κ2) is 8.76. The van der Waals surface area contributed by atoms with E-state index in [0.717, 1.165) is 12.8 Å². The monoisotopic (exact) mass is 366 g/mol. The molecule has 0 fully saturated rings. The van der Waals surface area contributed by atoms with Gasteiger partial charge in [-0.2, -0.15) is 0 Å². The summed E-state index contributed by atoms with van der Waals surface area (Å²) in [5.74, 6) is 0.0802. The number of methoxy groups -OCH3 is 1. The van der Waals surface area contributed by atoms with E-state index in [9.17, 15) is 9.59 Å². The first-order valence-corrected chi connectivity index (χ1v) is 8.70. The summed E-state index contributed by atoms with van der Waals surface area (Å²) in [4.78, 5) is 24.4. The molecular formula is C18H23ClN2O4. The molecule has 1 atom stereocenters. The maximum Gasteiger partial charge on any atom is 0.337 e. The Kier molecular flexibility index (Phi) is 6.70. The summed E-state index contributed by atoms with van der Waals surface area (Å²) in [6.07, 6.45) is 2.39. The molecule has 1 aromatic carbocycles. The van der Waals surface area contributed by atoms with E-state index in [4.69, 9.17) is 21.1 Å². The lowest BCUT2D eigenvalue weighted by atomic mass is 9.93. The fraction of sp³-hybridized carbons (Fsp3) is 0.444. The van der Waals surface area contributed by atoms with Crippen molar-refractivity contribution >= 4 is 23.6 Å². The molecule has 7 heteroatoms. The van der Waals surface area contributed by atoms with Crippen LogP contribution in [0.25, 0.3) is 0 Å². The van der Waals surface area contributed by atoms with Gasteiger partial charge in [-0.25, -0.2) is 9.59 Å². The highest BCUT2D eigenvalue weighted by molar-refractivity contribution is 6.32. The quantitative estimate of drug-likeness (QED) is 0.721. The molecule has 0 radical (unpaired) electrons. The Morgan fingerprint density at radius 1 is 1.32 bits per heavy atom. The molecule has 2 rings (SSSR count). The van der Waals surface area contributed by atoms with Gasteiger partial charge in [-0.15, -0.1) is 0 Å². The highest BCUT2D eigenvalue weighted by atomic mass is 35.5. The number of nitrogens with one attached hydrogen (secondary N) is 2. The van der Waals surface area contributed by atoms with Crippen molar-refractivity contribution in [2.45, 2.75) is 39.2 Å². The second-order valence-corrected chi connectivity index (χ2v) is 6.05. The van der Waals surface area contributed by atoms with Gasteiger partial charge in [0.2, 0.25) is 0 Å². The van der Waals surface area contributed by atoms with Crippen molar-refractivity contribution in [3.8, 4) is 5.75 Å². The number of ether oxygens (including phenoxy) is 2. The van der Waals surface area contributed by atoms with Crippen LogP contribution in [0.2, 0.25) is 5.02 Å². The summed E-state index contributed by atoms with van der Waals surface area (Å²) in [5, 5.41) is 5.93. The van der Waals surface area contributed by atoms with E-state index >= 15 is 0 Å². The van der Waals surface area contributed by atoms with E-state index < -0.39 is 12.0 Å². The van der Waals surface area contributed by atoms with Crippen LogP contribution >= 0.6 is 11.6 Å². The Bertz CT molecular complexity index is 688. The zero-order valence-electron chi connectivity index (χ0n) is 14.6. The molecule has 136 valence electrons. The maximum absolute atomic E-state index is 12.4. The normalized spacial score (nSPS) is 17.0. The molecule has 0 aromatic heterocycles. The van der Waals surface area contributed by atoms with E-state index in [0.29, 0.717) is 40.6 Å². The first-order chi connectivity index (χ1) is 12.0. The molecule has 0 saturated carbocycles. The number of hydrogen-bond donors (Lipinski definition) is 2. The minimum atomic E-state index is -0.624. The van der Waals surface area contributed by atoms with Crippen molar-refractivity contribution in [1.29, 1.82) is 0 Å². The standard InChI is InChI=1S/C18H23ClN2O4/c1-4-6-7-13-15(17(22)24-3)16(21-18(23)20-13)11-8-9-14(25-5-2)12(19)10-11/h8-10,16H,4-7H2,1-3H3,(H2,20,21,23). The number of hydrogen-bond acceptors (Lipinski definition) is 4. The Balaban J connectivity index is 2.46. The van der Waals surface area contributed by atoms with E-state index in [2.05, 4.69) is 10.6 Å². The SMILES string of the molecule is CCCCC1=C(C(=O)OC)C(c2ccc(OCC)c(Cl)c2)NC(=O)N1. The first-order valence-electron chi connectivity index (χ1n) is 8.32. The molecule has 6 nitrogen and oxygen atoms in total. The van der Waals surface area contributed by atoms with Crippen LogP contribution in [0, 0.1) is 0 Å². The van der Waals surface area contributed by atoms with Crippen LogP contribution in [0.4, 0.5) is 4.79 Å². The molecule has 1 aliphatic rings. The summed E-state index contributed by atoms with van der Waals surface area (Å²) in [7, 11) is 1.32. The summed E-state index contributed by atoms with van der Waals surface area (Å²) in [6, 6.07) is 4.24. The molecule has 0 bridgehead atoms. The van der Waals surface area contributed by atoms with Crippen molar-refractivity contribution in [2.24, 2.45) is 0 Å². The number of allylic oxidation sites excluding steroid dienone is 1. The van der Waals surface area contributed by atoms with Crippen LogP contribution in [-0.2, 0) is 9.53 Å². The summed E-state index contributed by atoms with van der Waals surface area (Å²) < 4.78 is 10.4. The van der Waals surface area contributed by atoms with Crippen LogP contribution in [0.3, 0.4) is 0 Å². The zero-order chi connectivity index (χ0) is 18.4. The van der Waals surface area contributed by atoms with Crippen LogP contribution in [0.5, 0.6) is 5.75 Å². The van der Waals surface area contributed by atoms with Crippen LogP contribution in [0.15, 0.2) is 29.5 Å².